The van der Waals surface area contributed by atoms with Crippen molar-refractivity contribution >= 4 is 23.5 Å². The van der Waals surface area contributed by atoms with Crippen molar-refractivity contribution in [3.05, 3.63) is 52.3 Å². The largest absolute Gasteiger partial charge is 0.352 e. The highest BCUT2D eigenvalue weighted by atomic mass is 35.5. The number of halogens is 1. The van der Waals surface area contributed by atoms with Crippen LogP contribution in [0.4, 0.5) is 5.95 Å². The quantitative estimate of drug-likeness (QED) is 0.848. The lowest BCUT2D eigenvalue weighted by Gasteiger charge is -2.13. The van der Waals surface area contributed by atoms with Gasteiger partial charge in [0, 0.05) is 23.3 Å². The van der Waals surface area contributed by atoms with E-state index in [-0.39, 0.29) is 11.9 Å². The van der Waals surface area contributed by atoms with Crippen LogP contribution in [0.5, 0.6) is 0 Å². The number of carbonyl (C=O) groups excluding carboxylic acids is 1. The average Bonchev–Trinajstić information content (AvgIpc) is 2.53. The standard InChI is InChI=1S/C17H21ClN4O/c1-4-11(2)20-17-21-12(3)9-15(22-17)16(23)19-10-13-7-5-6-8-14(13)18/h5-9,11H,4,10H2,1-3H3,(H,19,23)(H,20,21,22). The molecule has 0 aliphatic rings. The summed E-state index contributed by atoms with van der Waals surface area (Å²) < 4.78 is 0. The molecule has 1 heterocycles. The number of carbonyl (C=O) groups is 1. The van der Waals surface area contributed by atoms with Crippen molar-refractivity contribution in [2.45, 2.75) is 39.8 Å². The van der Waals surface area contributed by atoms with E-state index in [0.29, 0.717) is 23.2 Å². The second-order valence-corrected chi connectivity index (χ2v) is 5.85. The molecule has 0 radical (unpaired) electrons. The van der Waals surface area contributed by atoms with E-state index >= 15 is 0 Å². The third-order valence-electron chi connectivity index (χ3n) is 3.47. The zero-order valence-corrected chi connectivity index (χ0v) is 14.3. The highest BCUT2D eigenvalue weighted by molar-refractivity contribution is 6.31. The smallest absolute Gasteiger partial charge is 0.270 e. The second kappa shape index (κ2) is 7.92. The zero-order valence-electron chi connectivity index (χ0n) is 13.6. The lowest BCUT2D eigenvalue weighted by Crippen LogP contribution is -2.25. The molecule has 0 aliphatic carbocycles. The van der Waals surface area contributed by atoms with E-state index in [9.17, 15) is 4.79 Å². The Kier molecular flexibility index (Phi) is 5.93. The summed E-state index contributed by atoms with van der Waals surface area (Å²) in [6.45, 7) is 6.32. The molecule has 1 amide bonds. The zero-order chi connectivity index (χ0) is 16.8. The van der Waals surface area contributed by atoms with Crippen molar-refractivity contribution in [3.63, 3.8) is 0 Å². The van der Waals surface area contributed by atoms with Crippen LogP contribution in [0.15, 0.2) is 30.3 Å². The molecule has 23 heavy (non-hydrogen) atoms. The van der Waals surface area contributed by atoms with Gasteiger partial charge in [-0.2, -0.15) is 0 Å². The first-order valence-corrected chi connectivity index (χ1v) is 8.01. The molecule has 0 bridgehead atoms. The molecule has 0 saturated heterocycles. The van der Waals surface area contributed by atoms with E-state index in [1.54, 1.807) is 12.1 Å². The minimum atomic E-state index is -0.248. The number of hydrogen-bond acceptors (Lipinski definition) is 4. The molecule has 6 heteroatoms. The van der Waals surface area contributed by atoms with Gasteiger partial charge in [-0.25, -0.2) is 9.97 Å². The van der Waals surface area contributed by atoms with Crippen LogP contribution in [-0.2, 0) is 6.54 Å². The fourth-order valence-corrected chi connectivity index (χ4v) is 2.18. The predicted octanol–water partition coefficient (Wildman–Crippen LogP) is 3.58. The summed E-state index contributed by atoms with van der Waals surface area (Å²) in [4.78, 5) is 20.9. The van der Waals surface area contributed by atoms with E-state index in [1.165, 1.54) is 0 Å². The topological polar surface area (TPSA) is 66.9 Å². The number of nitrogens with zero attached hydrogens (tertiary/aromatic N) is 2. The summed E-state index contributed by atoms with van der Waals surface area (Å²) in [6, 6.07) is 9.33. The van der Waals surface area contributed by atoms with Crippen LogP contribution in [0.2, 0.25) is 5.02 Å². The molecule has 122 valence electrons. The van der Waals surface area contributed by atoms with Crippen molar-refractivity contribution in [1.82, 2.24) is 15.3 Å². The van der Waals surface area contributed by atoms with Crippen molar-refractivity contribution in [2.75, 3.05) is 5.32 Å². The normalized spacial score (nSPS) is 11.8. The highest BCUT2D eigenvalue weighted by Crippen LogP contribution is 2.14. The molecule has 2 aromatic rings. The lowest BCUT2D eigenvalue weighted by atomic mass is 10.2. The van der Waals surface area contributed by atoms with E-state index in [0.717, 1.165) is 17.7 Å². The molecule has 0 saturated carbocycles. The predicted molar refractivity (Wildman–Crippen MR) is 92.8 cm³/mol. The van der Waals surface area contributed by atoms with E-state index in [2.05, 4.69) is 27.5 Å². The van der Waals surface area contributed by atoms with Crippen molar-refractivity contribution in [1.29, 1.82) is 0 Å². The van der Waals surface area contributed by atoms with E-state index in [4.69, 9.17) is 11.6 Å². The van der Waals surface area contributed by atoms with Gasteiger partial charge in [0.2, 0.25) is 5.95 Å². The Bertz CT molecular complexity index is 690. The fraction of sp³-hybridized carbons (Fsp3) is 0.353. The second-order valence-electron chi connectivity index (χ2n) is 5.45. The molecule has 0 spiro atoms. The van der Waals surface area contributed by atoms with Crippen molar-refractivity contribution in [2.24, 2.45) is 0 Å². The molecule has 1 aromatic heterocycles. The number of rotatable bonds is 6. The first kappa shape index (κ1) is 17.2. The molecule has 1 unspecified atom stereocenters. The number of amides is 1. The maximum Gasteiger partial charge on any atom is 0.270 e. The molecule has 0 aliphatic heterocycles. The number of nitrogens with one attached hydrogen (secondary N) is 2. The summed E-state index contributed by atoms with van der Waals surface area (Å²) in [6.07, 6.45) is 0.950. The van der Waals surface area contributed by atoms with Crippen LogP contribution in [0.3, 0.4) is 0 Å². The fourth-order valence-electron chi connectivity index (χ4n) is 1.98. The van der Waals surface area contributed by atoms with Gasteiger partial charge in [-0.05, 0) is 38.0 Å². The van der Waals surface area contributed by atoms with E-state index < -0.39 is 0 Å². The van der Waals surface area contributed by atoms with Gasteiger partial charge in [-0.1, -0.05) is 36.7 Å². The molecule has 1 aromatic carbocycles. The van der Waals surface area contributed by atoms with Crippen molar-refractivity contribution in [3.8, 4) is 0 Å². The number of aromatic nitrogens is 2. The number of anilines is 1. The van der Waals surface area contributed by atoms with Crippen LogP contribution in [0.1, 0.15) is 42.0 Å². The third kappa shape index (κ3) is 4.93. The monoisotopic (exact) mass is 332 g/mol. The van der Waals surface area contributed by atoms with Gasteiger partial charge in [0.05, 0.1) is 0 Å². The number of aryl methyl sites for hydroxylation is 1. The molecular formula is C17H21ClN4O. The van der Waals surface area contributed by atoms with Crippen LogP contribution >= 0.6 is 11.6 Å². The van der Waals surface area contributed by atoms with E-state index in [1.807, 2.05) is 32.0 Å². The SMILES string of the molecule is CCC(C)Nc1nc(C)cc(C(=O)NCc2ccccc2Cl)n1. The van der Waals surface area contributed by atoms with Crippen LogP contribution < -0.4 is 10.6 Å². The molecule has 5 nitrogen and oxygen atoms in total. The Morgan fingerprint density at radius 3 is 2.74 bits per heavy atom. The maximum absolute atomic E-state index is 12.3. The van der Waals surface area contributed by atoms with Gasteiger partial charge >= 0.3 is 0 Å². The summed E-state index contributed by atoms with van der Waals surface area (Å²) in [5.74, 6) is 0.227. The van der Waals surface area contributed by atoms with Gasteiger partial charge in [-0.3, -0.25) is 4.79 Å². The molecule has 1 atom stereocenters. The Labute approximate surface area is 141 Å². The molecule has 2 rings (SSSR count). The van der Waals surface area contributed by atoms with Crippen LogP contribution in [0, 0.1) is 6.92 Å². The minimum Gasteiger partial charge on any atom is -0.352 e. The summed E-state index contributed by atoms with van der Waals surface area (Å²) in [5.41, 5.74) is 1.95. The Balaban J connectivity index is 2.08. The van der Waals surface area contributed by atoms with Gasteiger partial charge in [-0.15, -0.1) is 0 Å². The van der Waals surface area contributed by atoms with Gasteiger partial charge in [0.1, 0.15) is 5.69 Å². The maximum atomic E-state index is 12.3. The van der Waals surface area contributed by atoms with Gasteiger partial charge in [0.25, 0.3) is 5.91 Å². The van der Waals surface area contributed by atoms with Crippen LogP contribution in [-0.4, -0.2) is 21.9 Å². The average molecular weight is 333 g/mol. The summed E-state index contributed by atoms with van der Waals surface area (Å²) in [7, 11) is 0. The molecular weight excluding hydrogens is 312 g/mol. The van der Waals surface area contributed by atoms with Crippen molar-refractivity contribution < 1.29 is 4.79 Å². The first-order valence-electron chi connectivity index (χ1n) is 7.63. The summed E-state index contributed by atoms with van der Waals surface area (Å²) >= 11 is 6.09. The van der Waals surface area contributed by atoms with Gasteiger partial charge < -0.3 is 10.6 Å². The first-order chi connectivity index (χ1) is 11.0. The Hall–Kier alpha value is -2.14. The molecule has 0 fully saturated rings. The Morgan fingerprint density at radius 2 is 2.04 bits per heavy atom. The number of hydrogen-bond donors (Lipinski definition) is 2. The minimum absolute atomic E-state index is 0.246. The Morgan fingerprint density at radius 1 is 1.30 bits per heavy atom. The third-order valence-corrected chi connectivity index (χ3v) is 3.84. The number of benzene rings is 1. The summed E-state index contributed by atoms with van der Waals surface area (Å²) in [5, 5.41) is 6.65. The highest BCUT2D eigenvalue weighted by Gasteiger charge is 2.12. The van der Waals surface area contributed by atoms with Gasteiger partial charge in [0.15, 0.2) is 0 Å². The molecule has 2 N–H and O–H groups in total. The lowest BCUT2D eigenvalue weighted by molar-refractivity contribution is 0.0945. The van der Waals surface area contributed by atoms with Crippen LogP contribution in [0.25, 0.3) is 0 Å².